The molecule has 0 atom stereocenters. The molecule has 2 aliphatic rings. The van der Waals surface area contributed by atoms with Crippen LogP contribution in [0.4, 0.5) is 8.78 Å². The predicted molar refractivity (Wildman–Crippen MR) is 86.7 cm³/mol. The minimum Gasteiger partial charge on any atom is -0.481 e. The Hall–Kier alpha value is -1.47. The third-order valence-corrected chi connectivity index (χ3v) is 4.53. The van der Waals surface area contributed by atoms with E-state index in [0.29, 0.717) is 5.54 Å². The van der Waals surface area contributed by atoms with Gasteiger partial charge in [-0.15, -0.1) is 0 Å². The van der Waals surface area contributed by atoms with Crippen LogP contribution < -0.4 is 9.47 Å². The largest absolute Gasteiger partial charge is 0.481 e. The lowest BCUT2D eigenvalue weighted by Crippen LogP contribution is -2.42. The number of alkyl halides is 2. The van der Waals surface area contributed by atoms with Crippen molar-refractivity contribution in [2.45, 2.75) is 44.8 Å². The standard InChI is InChI=1S/C10H19NO.C7H7F2NO2/c1-2-12-9-10-5-3-7-11(10)8-4-6-10;1-11-6-4-5(2-3-10-6)12-7(8)9/h2-9H2,1H3;2-4,7H,1H3. The van der Waals surface area contributed by atoms with Crippen LogP contribution in [-0.4, -0.2) is 55.4 Å². The first-order valence-electron chi connectivity index (χ1n) is 8.37. The summed E-state index contributed by atoms with van der Waals surface area (Å²) in [7, 11) is 1.40. The van der Waals surface area contributed by atoms with E-state index in [-0.39, 0.29) is 11.6 Å². The smallest absolute Gasteiger partial charge is 0.387 e. The van der Waals surface area contributed by atoms with E-state index in [2.05, 4.69) is 21.5 Å². The first kappa shape index (κ1) is 18.9. The molecule has 2 saturated heterocycles. The van der Waals surface area contributed by atoms with E-state index in [9.17, 15) is 8.78 Å². The van der Waals surface area contributed by atoms with Crippen LogP contribution in [0.5, 0.6) is 11.6 Å². The van der Waals surface area contributed by atoms with Gasteiger partial charge in [-0.25, -0.2) is 4.98 Å². The minimum absolute atomic E-state index is 0.0388. The molecular weight excluding hydrogens is 318 g/mol. The van der Waals surface area contributed by atoms with Crippen LogP contribution >= 0.6 is 0 Å². The molecule has 3 heterocycles. The molecule has 2 aliphatic heterocycles. The van der Waals surface area contributed by atoms with E-state index >= 15 is 0 Å². The number of nitrogens with zero attached hydrogens (tertiary/aromatic N) is 2. The van der Waals surface area contributed by atoms with Crippen molar-refractivity contribution in [1.82, 2.24) is 9.88 Å². The van der Waals surface area contributed by atoms with Gasteiger partial charge in [0.25, 0.3) is 0 Å². The number of fused-ring (bicyclic) bond motifs is 1. The number of aromatic nitrogens is 1. The summed E-state index contributed by atoms with van der Waals surface area (Å²) in [6.45, 7) is 3.74. The summed E-state index contributed by atoms with van der Waals surface area (Å²) in [5.74, 6) is 0.282. The van der Waals surface area contributed by atoms with Gasteiger partial charge in [-0.05, 0) is 51.8 Å². The van der Waals surface area contributed by atoms with E-state index in [1.165, 1.54) is 64.2 Å². The van der Waals surface area contributed by atoms with Crippen LogP contribution in [0.2, 0.25) is 0 Å². The Morgan fingerprint density at radius 1 is 1.29 bits per heavy atom. The SMILES string of the molecule is CCOCC12CCCN1CCC2.COc1cc(OC(F)F)ccn1. The van der Waals surface area contributed by atoms with E-state index in [4.69, 9.17) is 9.47 Å². The molecule has 1 aromatic rings. The van der Waals surface area contributed by atoms with Crippen LogP contribution in [0, 0.1) is 0 Å². The fraction of sp³-hybridized carbons (Fsp3) is 0.706. The lowest BCUT2D eigenvalue weighted by molar-refractivity contribution is -0.0499. The van der Waals surface area contributed by atoms with Gasteiger partial charge < -0.3 is 14.2 Å². The highest BCUT2D eigenvalue weighted by Gasteiger charge is 2.44. The number of hydrogen-bond acceptors (Lipinski definition) is 5. The minimum atomic E-state index is -2.82. The molecule has 0 spiro atoms. The number of methoxy groups -OCH3 is 1. The lowest BCUT2D eigenvalue weighted by atomic mass is 9.95. The Labute approximate surface area is 141 Å². The fourth-order valence-corrected chi connectivity index (χ4v) is 3.43. The summed E-state index contributed by atoms with van der Waals surface area (Å²) in [5, 5.41) is 0. The van der Waals surface area contributed by atoms with Gasteiger partial charge in [0, 0.05) is 24.4 Å². The molecule has 1 aromatic heterocycles. The summed E-state index contributed by atoms with van der Waals surface area (Å²) in [6.07, 6.45) is 6.83. The summed E-state index contributed by atoms with van der Waals surface area (Å²) in [4.78, 5) is 6.36. The van der Waals surface area contributed by atoms with Gasteiger partial charge in [-0.2, -0.15) is 8.78 Å². The third-order valence-electron chi connectivity index (χ3n) is 4.53. The molecule has 0 radical (unpaired) electrons. The van der Waals surface area contributed by atoms with Crippen molar-refractivity contribution in [3.8, 4) is 11.6 Å². The molecule has 5 nitrogen and oxygen atoms in total. The molecule has 136 valence electrons. The van der Waals surface area contributed by atoms with Gasteiger partial charge in [0.05, 0.1) is 13.7 Å². The van der Waals surface area contributed by atoms with Crippen molar-refractivity contribution in [2.24, 2.45) is 0 Å². The van der Waals surface area contributed by atoms with E-state index in [0.717, 1.165) is 13.2 Å². The molecule has 0 N–H and O–H groups in total. The van der Waals surface area contributed by atoms with Crippen LogP contribution in [0.1, 0.15) is 32.6 Å². The molecule has 2 fully saturated rings. The zero-order valence-electron chi connectivity index (χ0n) is 14.3. The van der Waals surface area contributed by atoms with Gasteiger partial charge in [0.2, 0.25) is 5.88 Å². The lowest BCUT2D eigenvalue weighted by Gasteiger charge is -2.31. The quantitative estimate of drug-likeness (QED) is 0.792. The Bertz CT molecular complexity index is 492. The monoisotopic (exact) mass is 344 g/mol. The molecule has 0 unspecified atom stereocenters. The van der Waals surface area contributed by atoms with Crippen LogP contribution in [-0.2, 0) is 4.74 Å². The van der Waals surface area contributed by atoms with Crippen LogP contribution in [0.3, 0.4) is 0 Å². The number of halogens is 2. The van der Waals surface area contributed by atoms with Crippen molar-refractivity contribution < 1.29 is 23.0 Å². The van der Waals surface area contributed by atoms with Gasteiger partial charge in [-0.3, -0.25) is 4.90 Å². The summed E-state index contributed by atoms with van der Waals surface area (Å²) < 4.78 is 37.7. The third kappa shape index (κ3) is 5.01. The number of pyridine rings is 1. The van der Waals surface area contributed by atoms with Gasteiger partial charge in [-0.1, -0.05) is 0 Å². The average molecular weight is 344 g/mol. The topological polar surface area (TPSA) is 43.8 Å². The zero-order valence-corrected chi connectivity index (χ0v) is 14.3. The van der Waals surface area contributed by atoms with Crippen molar-refractivity contribution in [2.75, 3.05) is 33.4 Å². The van der Waals surface area contributed by atoms with Gasteiger partial charge in [0.15, 0.2) is 0 Å². The number of ether oxygens (including phenoxy) is 3. The highest BCUT2D eigenvalue weighted by Crippen LogP contribution is 2.38. The number of rotatable bonds is 6. The van der Waals surface area contributed by atoms with Gasteiger partial charge in [0.1, 0.15) is 5.75 Å². The molecule has 24 heavy (non-hydrogen) atoms. The molecule has 0 aromatic carbocycles. The summed E-state index contributed by atoms with van der Waals surface area (Å²) >= 11 is 0. The van der Waals surface area contributed by atoms with Crippen molar-refractivity contribution in [3.63, 3.8) is 0 Å². The Kier molecular flexibility index (Phi) is 7.17. The summed E-state index contributed by atoms with van der Waals surface area (Å²) in [6, 6.07) is 2.61. The maximum atomic E-state index is 11.7. The Balaban J connectivity index is 0.000000174. The van der Waals surface area contributed by atoms with E-state index in [1.807, 2.05) is 0 Å². The number of hydrogen-bond donors (Lipinski definition) is 0. The highest BCUT2D eigenvalue weighted by atomic mass is 19.3. The van der Waals surface area contributed by atoms with Crippen LogP contribution in [0.25, 0.3) is 0 Å². The zero-order chi connectivity index (χ0) is 17.4. The van der Waals surface area contributed by atoms with Gasteiger partial charge >= 0.3 is 6.61 Å². The van der Waals surface area contributed by atoms with Crippen molar-refractivity contribution >= 4 is 0 Å². The summed E-state index contributed by atoms with van der Waals surface area (Å²) in [5.41, 5.74) is 0.468. The second-order valence-corrected chi connectivity index (χ2v) is 5.97. The fourth-order valence-electron chi connectivity index (χ4n) is 3.43. The van der Waals surface area contributed by atoms with E-state index in [1.54, 1.807) is 0 Å². The highest BCUT2D eigenvalue weighted by molar-refractivity contribution is 5.25. The Morgan fingerprint density at radius 3 is 2.58 bits per heavy atom. The molecule has 0 aliphatic carbocycles. The predicted octanol–water partition coefficient (Wildman–Crippen LogP) is 3.34. The Morgan fingerprint density at radius 2 is 2.00 bits per heavy atom. The van der Waals surface area contributed by atoms with Crippen molar-refractivity contribution in [1.29, 1.82) is 0 Å². The molecule has 0 amide bonds. The first-order chi connectivity index (χ1) is 11.6. The van der Waals surface area contributed by atoms with E-state index < -0.39 is 6.61 Å². The van der Waals surface area contributed by atoms with Crippen molar-refractivity contribution in [3.05, 3.63) is 18.3 Å². The van der Waals surface area contributed by atoms with Crippen LogP contribution in [0.15, 0.2) is 18.3 Å². The first-order valence-corrected chi connectivity index (χ1v) is 8.37. The second kappa shape index (κ2) is 9.13. The second-order valence-electron chi connectivity index (χ2n) is 5.97. The molecule has 0 bridgehead atoms. The molecule has 3 rings (SSSR count). The maximum Gasteiger partial charge on any atom is 0.387 e. The average Bonchev–Trinajstić information content (AvgIpc) is 3.13. The molecular formula is C17H26F2N2O3. The molecule has 7 heteroatoms. The molecule has 0 saturated carbocycles. The maximum absolute atomic E-state index is 11.7. The normalized spacial score (nSPS) is 18.9.